The zero-order valence-electron chi connectivity index (χ0n) is 31.0. The Morgan fingerprint density at radius 2 is 1.07 bits per heavy atom. The molecule has 1 unspecified atom stereocenters. The van der Waals surface area contributed by atoms with E-state index < -0.39 is 20.0 Å². The van der Waals surface area contributed by atoms with Crippen LogP contribution in [0.25, 0.3) is 0 Å². The topological polar surface area (TPSA) is 108 Å². The van der Waals surface area contributed by atoms with E-state index in [1.54, 1.807) is 0 Å². The number of likely N-dealkylation sites (N-methyl/N-ethyl adjacent to an activating group) is 1. The fourth-order valence-electron chi connectivity index (χ4n) is 5.69. The van der Waals surface area contributed by atoms with Gasteiger partial charge >= 0.3 is 0 Å². The van der Waals surface area contributed by atoms with E-state index in [4.69, 9.17) is 9.05 Å². The van der Waals surface area contributed by atoms with Gasteiger partial charge in [0.25, 0.3) is 7.82 Å². The lowest BCUT2D eigenvalue weighted by molar-refractivity contribution is -0.870. The molecule has 0 rings (SSSR count). The summed E-state index contributed by atoms with van der Waals surface area (Å²) in [7, 11) is 1.31. The number of hydrogen-bond acceptors (Lipinski definition) is 6. The van der Waals surface area contributed by atoms with Gasteiger partial charge in [-0.1, -0.05) is 162 Å². The number of amides is 1. The number of quaternary nitrogens is 1. The standard InChI is InChI=1S/C37H77N2O6P/c1-6-8-10-12-14-15-16-17-18-19-20-21-22-23-25-26-28-30-36(40)35(34-45-46(42,43)44-33-32-39(3,4)5)38-37(41)31-29-27-24-13-11-9-7-2/h35-36,40H,6-34H2,1-5H3,(H-,38,41,42,43)/t35-,36+/m1/s1. The summed E-state index contributed by atoms with van der Waals surface area (Å²) in [5, 5.41) is 13.8. The predicted octanol–water partition coefficient (Wildman–Crippen LogP) is 9.22. The molecule has 9 heteroatoms. The fourth-order valence-corrected chi connectivity index (χ4v) is 6.41. The number of unbranched alkanes of at least 4 members (excludes halogenated alkanes) is 22. The Morgan fingerprint density at radius 1 is 0.674 bits per heavy atom. The minimum atomic E-state index is -4.54. The second-order valence-corrected chi connectivity index (χ2v) is 16.1. The largest absolute Gasteiger partial charge is 0.756 e. The average Bonchev–Trinajstić information content (AvgIpc) is 2.99. The van der Waals surface area contributed by atoms with Crippen molar-refractivity contribution < 1.29 is 32.9 Å². The van der Waals surface area contributed by atoms with Crippen molar-refractivity contribution in [3.63, 3.8) is 0 Å². The van der Waals surface area contributed by atoms with Crippen molar-refractivity contribution in [3.8, 4) is 0 Å². The molecule has 0 saturated heterocycles. The van der Waals surface area contributed by atoms with E-state index >= 15 is 0 Å². The van der Waals surface area contributed by atoms with Gasteiger partial charge in [-0.2, -0.15) is 0 Å². The summed E-state index contributed by atoms with van der Waals surface area (Å²) in [6, 6.07) is -0.789. The third kappa shape index (κ3) is 32.1. The summed E-state index contributed by atoms with van der Waals surface area (Å²) in [6.07, 6.45) is 29.7. The van der Waals surface area contributed by atoms with E-state index in [1.807, 2.05) is 21.1 Å². The van der Waals surface area contributed by atoms with Crippen molar-refractivity contribution in [2.45, 2.75) is 193 Å². The first-order valence-electron chi connectivity index (χ1n) is 19.4. The Kier molecular flexibility index (Phi) is 30.2. The lowest BCUT2D eigenvalue weighted by atomic mass is 10.0. The minimum absolute atomic E-state index is 0.0152. The van der Waals surface area contributed by atoms with E-state index in [-0.39, 0.29) is 19.1 Å². The highest BCUT2D eigenvalue weighted by molar-refractivity contribution is 7.45. The van der Waals surface area contributed by atoms with Crippen LogP contribution in [-0.4, -0.2) is 68.5 Å². The molecular weight excluding hydrogens is 599 g/mol. The smallest absolute Gasteiger partial charge is 0.268 e. The van der Waals surface area contributed by atoms with Gasteiger partial charge in [0.05, 0.1) is 39.9 Å². The molecule has 0 spiro atoms. The fraction of sp³-hybridized carbons (Fsp3) is 0.973. The number of phosphoric ester groups is 1. The summed E-state index contributed by atoms with van der Waals surface area (Å²) in [4.78, 5) is 25.0. The Hall–Kier alpha value is -0.500. The molecule has 8 nitrogen and oxygen atoms in total. The predicted molar refractivity (Wildman–Crippen MR) is 192 cm³/mol. The van der Waals surface area contributed by atoms with Crippen molar-refractivity contribution in [2.75, 3.05) is 40.9 Å². The molecule has 0 aliphatic carbocycles. The Bertz CT molecular complexity index is 733. The maximum Gasteiger partial charge on any atom is 0.268 e. The van der Waals surface area contributed by atoms with Gasteiger partial charge < -0.3 is 28.8 Å². The molecule has 2 N–H and O–H groups in total. The highest BCUT2D eigenvalue weighted by Crippen LogP contribution is 2.38. The van der Waals surface area contributed by atoms with E-state index in [0.717, 1.165) is 38.5 Å². The lowest BCUT2D eigenvalue weighted by Crippen LogP contribution is -2.46. The summed E-state index contributed by atoms with van der Waals surface area (Å²) in [5.74, 6) is -0.171. The molecule has 0 radical (unpaired) electrons. The van der Waals surface area contributed by atoms with Gasteiger partial charge in [-0.15, -0.1) is 0 Å². The number of rotatable bonds is 35. The molecule has 0 aromatic heterocycles. The number of nitrogens with zero attached hydrogens (tertiary/aromatic N) is 1. The van der Waals surface area contributed by atoms with Crippen molar-refractivity contribution in [1.29, 1.82) is 0 Å². The van der Waals surface area contributed by atoms with Crippen LogP contribution in [0.4, 0.5) is 0 Å². The maximum atomic E-state index is 12.7. The Morgan fingerprint density at radius 3 is 1.48 bits per heavy atom. The zero-order chi connectivity index (χ0) is 34.4. The molecule has 0 bridgehead atoms. The monoisotopic (exact) mass is 677 g/mol. The minimum Gasteiger partial charge on any atom is -0.756 e. The SMILES string of the molecule is CCCCCCCCCCCCCCCCCCC[C@H](O)[C@@H](COP(=O)([O-])OCC[N+](C)(C)C)NC(=O)CCCCCCCCC. The van der Waals surface area contributed by atoms with Crippen LogP contribution in [0.5, 0.6) is 0 Å². The van der Waals surface area contributed by atoms with E-state index in [9.17, 15) is 19.4 Å². The van der Waals surface area contributed by atoms with E-state index in [2.05, 4.69) is 19.2 Å². The third-order valence-corrected chi connectivity index (χ3v) is 9.81. The van der Waals surface area contributed by atoms with Crippen LogP contribution < -0.4 is 10.2 Å². The number of phosphoric acid groups is 1. The molecule has 0 aromatic rings. The summed E-state index contributed by atoms with van der Waals surface area (Å²) in [6.45, 7) is 4.67. The van der Waals surface area contributed by atoms with Gasteiger partial charge in [-0.3, -0.25) is 9.36 Å². The summed E-state index contributed by atoms with van der Waals surface area (Å²) >= 11 is 0. The van der Waals surface area contributed by atoms with Crippen LogP contribution in [-0.2, 0) is 18.4 Å². The first-order chi connectivity index (χ1) is 22.0. The second kappa shape index (κ2) is 30.6. The molecule has 0 aliphatic rings. The zero-order valence-corrected chi connectivity index (χ0v) is 31.9. The molecule has 0 aromatic carbocycles. The van der Waals surface area contributed by atoms with Gasteiger partial charge in [-0.25, -0.2) is 0 Å². The highest BCUT2D eigenvalue weighted by atomic mass is 31.2. The normalized spacial score (nSPS) is 14.7. The Labute approximate surface area is 285 Å². The van der Waals surface area contributed by atoms with Crippen LogP contribution in [0.3, 0.4) is 0 Å². The van der Waals surface area contributed by atoms with Crippen molar-refractivity contribution >= 4 is 13.7 Å². The maximum absolute atomic E-state index is 12.7. The molecule has 1 amide bonds. The second-order valence-electron chi connectivity index (χ2n) is 14.6. The van der Waals surface area contributed by atoms with Gasteiger partial charge in [0.15, 0.2) is 0 Å². The van der Waals surface area contributed by atoms with Crippen LogP contribution in [0.2, 0.25) is 0 Å². The molecule has 0 fully saturated rings. The van der Waals surface area contributed by atoms with Crippen LogP contribution in [0, 0.1) is 0 Å². The number of aliphatic hydroxyl groups is 1. The summed E-state index contributed by atoms with van der Waals surface area (Å²) < 4.78 is 23.1. The first kappa shape index (κ1) is 45.5. The van der Waals surface area contributed by atoms with E-state index in [0.29, 0.717) is 23.9 Å². The number of hydrogen-bond donors (Lipinski definition) is 2. The van der Waals surface area contributed by atoms with Gasteiger partial charge in [0, 0.05) is 6.42 Å². The molecule has 0 saturated carbocycles. The van der Waals surface area contributed by atoms with Gasteiger partial charge in [-0.05, 0) is 12.8 Å². The highest BCUT2D eigenvalue weighted by Gasteiger charge is 2.24. The number of carbonyl (C=O) groups excluding carboxylic acids is 1. The van der Waals surface area contributed by atoms with Crippen molar-refractivity contribution in [1.82, 2.24) is 5.32 Å². The van der Waals surface area contributed by atoms with Gasteiger partial charge in [0.1, 0.15) is 13.2 Å². The molecule has 46 heavy (non-hydrogen) atoms. The van der Waals surface area contributed by atoms with Crippen LogP contribution >= 0.6 is 7.82 Å². The molecule has 3 atom stereocenters. The van der Waals surface area contributed by atoms with Crippen LogP contribution in [0.1, 0.15) is 181 Å². The molecule has 276 valence electrons. The van der Waals surface area contributed by atoms with Crippen molar-refractivity contribution in [2.24, 2.45) is 0 Å². The van der Waals surface area contributed by atoms with E-state index in [1.165, 1.54) is 116 Å². The Balaban J connectivity index is 4.31. The van der Waals surface area contributed by atoms with Crippen molar-refractivity contribution in [3.05, 3.63) is 0 Å². The van der Waals surface area contributed by atoms with Crippen LogP contribution in [0.15, 0.2) is 0 Å². The van der Waals surface area contributed by atoms with Gasteiger partial charge in [0.2, 0.25) is 5.91 Å². The molecule has 0 heterocycles. The average molecular weight is 677 g/mol. The first-order valence-corrected chi connectivity index (χ1v) is 20.8. The lowest BCUT2D eigenvalue weighted by Gasteiger charge is -2.30. The number of nitrogens with one attached hydrogen (secondary N) is 1. The molecule has 0 aliphatic heterocycles. The number of carbonyl (C=O) groups is 1. The molecular formula is C37H77N2O6P. The quantitative estimate of drug-likeness (QED) is 0.0394. The number of aliphatic hydroxyl groups excluding tert-OH is 1. The summed E-state index contributed by atoms with van der Waals surface area (Å²) in [5.41, 5.74) is 0. The third-order valence-electron chi connectivity index (χ3n) is 8.85.